The Morgan fingerprint density at radius 3 is 2.18 bits per heavy atom. The van der Waals surface area contributed by atoms with Crippen LogP contribution in [0.15, 0.2) is 121 Å². The second kappa shape index (κ2) is 11.9. The van der Waals surface area contributed by atoms with Crippen LogP contribution in [-0.4, -0.2) is 12.0 Å². The fraction of sp³-hybridized carbons (Fsp3) is 0.128. The van der Waals surface area contributed by atoms with Crippen molar-refractivity contribution in [1.82, 2.24) is 4.98 Å². The predicted octanol–water partition coefficient (Wildman–Crippen LogP) is 9.97. The molecule has 0 atom stereocenters. The molecule has 0 spiro atoms. The third kappa shape index (κ3) is 5.27. The summed E-state index contributed by atoms with van der Waals surface area (Å²) >= 11 is 0. The molecule has 0 saturated heterocycles. The molecule has 4 nitrogen and oxygen atoms in total. The van der Waals surface area contributed by atoms with Crippen LogP contribution in [0.25, 0.3) is 22.0 Å². The second-order valence-electron chi connectivity index (χ2n) is 11.9. The van der Waals surface area contributed by atoms with E-state index in [2.05, 4.69) is 139 Å². The van der Waals surface area contributed by atoms with Crippen LogP contribution in [0.5, 0.6) is 0 Å². The molecule has 0 bridgehead atoms. The maximum absolute atomic E-state index is 4.22. The number of hydrogen-bond acceptors (Lipinski definition) is 4. The first-order chi connectivity index (χ1) is 20.9. The van der Waals surface area contributed by atoms with Gasteiger partial charge in [0.15, 0.2) is 0 Å². The molecule has 5 heteroatoms. The van der Waals surface area contributed by atoms with Gasteiger partial charge >= 0.3 is 20.1 Å². The molecule has 1 aromatic heterocycles. The molecule has 2 aliphatic heterocycles. The van der Waals surface area contributed by atoms with Crippen molar-refractivity contribution in [3.63, 3.8) is 0 Å². The number of rotatable bonds is 2. The summed E-state index contributed by atoms with van der Waals surface area (Å²) in [4.78, 5) is 11.1. The summed E-state index contributed by atoms with van der Waals surface area (Å²) < 4.78 is 0. The maximum Gasteiger partial charge on any atom is 3.00 e. The van der Waals surface area contributed by atoms with E-state index in [1.54, 1.807) is 6.20 Å². The van der Waals surface area contributed by atoms with Crippen molar-refractivity contribution in [2.75, 3.05) is 21.7 Å². The van der Waals surface area contributed by atoms with Gasteiger partial charge in [0.1, 0.15) is 0 Å². The minimum atomic E-state index is 0. The zero-order chi connectivity index (χ0) is 29.6. The molecule has 218 valence electrons. The number of nitrogens with zero attached hydrogens (tertiary/aromatic N) is 4. The van der Waals surface area contributed by atoms with Crippen LogP contribution < -0.4 is 14.7 Å². The van der Waals surface area contributed by atoms with Crippen LogP contribution in [0, 0.1) is 18.8 Å². The summed E-state index contributed by atoms with van der Waals surface area (Å²) in [5, 5.41) is 2.46. The Kier molecular flexibility index (Phi) is 8.02. The number of fused-ring (bicyclic) bond motifs is 4. The van der Waals surface area contributed by atoms with Crippen LogP contribution in [0.3, 0.4) is 0 Å². The van der Waals surface area contributed by atoms with Gasteiger partial charge in [-0.05, 0) is 59.7 Å². The number of anilines is 6. The van der Waals surface area contributed by atoms with E-state index in [1.807, 2.05) is 42.5 Å². The first-order valence-corrected chi connectivity index (χ1v) is 14.6. The molecule has 0 unspecified atom stereocenters. The van der Waals surface area contributed by atoms with Gasteiger partial charge in [0.25, 0.3) is 0 Å². The standard InChI is InChI=1S/C28H25N3.C11H8N.Ir/c1-28(2,3)20-13-15-21(16-14-20)30-18-31-25-17-12-19-8-5-6-9-22(19)26(25)29(4)23-10-7-11-24(30)27(23)31;1-2-6-10(7-3-1)11-8-4-5-9-12-11;/h5-16,18H,1-4H3;1-6,8-9H;/q-2;-1;+3. The average Bonchev–Trinajstić information content (AvgIpc) is 3.44. The van der Waals surface area contributed by atoms with Gasteiger partial charge in [-0.2, -0.15) is 12.1 Å². The zero-order valence-corrected chi connectivity index (χ0v) is 27.6. The fourth-order valence-electron chi connectivity index (χ4n) is 5.86. The van der Waals surface area contributed by atoms with E-state index in [9.17, 15) is 0 Å². The zero-order valence-electron chi connectivity index (χ0n) is 25.2. The van der Waals surface area contributed by atoms with Crippen LogP contribution in [0.4, 0.5) is 34.1 Å². The van der Waals surface area contributed by atoms with E-state index < -0.39 is 0 Å². The smallest absolute Gasteiger partial charge is 0.490 e. The van der Waals surface area contributed by atoms with Crippen molar-refractivity contribution in [3.8, 4) is 11.3 Å². The van der Waals surface area contributed by atoms with Gasteiger partial charge < -0.3 is 19.7 Å². The number of pyridine rings is 1. The third-order valence-electron chi connectivity index (χ3n) is 8.13. The molecule has 8 rings (SSSR count). The third-order valence-corrected chi connectivity index (χ3v) is 8.13. The normalized spacial score (nSPS) is 13.0. The van der Waals surface area contributed by atoms with Gasteiger partial charge in [-0.1, -0.05) is 75.0 Å². The van der Waals surface area contributed by atoms with Gasteiger partial charge in [-0.25, -0.2) is 0 Å². The summed E-state index contributed by atoms with van der Waals surface area (Å²) in [5.41, 5.74) is 10.6. The van der Waals surface area contributed by atoms with E-state index in [0.717, 1.165) is 16.9 Å². The van der Waals surface area contributed by atoms with Gasteiger partial charge in [0.05, 0.1) is 11.4 Å². The average molecular weight is 750 g/mol. The molecule has 0 fully saturated rings. The van der Waals surface area contributed by atoms with Crippen LogP contribution in [0.2, 0.25) is 0 Å². The SMILES string of the molecule is CN1c2cccc3c2N([CH-]N3c2ccc(C(C)(C)C)cc2)c2[c-]cc3ccccc3c21.[Ir+3].[c-]1ccccc1-c1ccccn1. The van der Waals surface area contributed by atoms with Crippen molar-refractivity contribution in [2.24, 2.45) is 0 Å². The Balaban J connectivity index is 0.000000222. The molecule has 5 aromatic carbocycles. The molecule has 0 radical (unpaired) electrons. The Morgan fingerprint density at radius 1 is 0.705 bits per heavy atom. The first kappa shape index (κ1) is 29.6. The van der Waals surface area contributed by atoms with E-state index in [-0.39, 0.29) is 25.5 Å². The van der Waals surface area contributed by atoms with Crippen molar-refractivity contribution < 1.29 is 20.1 Å². The quantitative estimate of drug-likeness (QED) is 0.165. The second-order valence-corrected chi connectivity index (χ2v) is 11.9. The van der Waals surface area contributed by atoms with Crippen LogP contribution in [-0.2, 0) is 25.5 Å². The minimum Gasteiger partial charge on any atom is -0.490 e. The summed E-state index contributed by atoms with van der Waals surface area (Å²) in [7, 11) is 2.16. The van der Waals surface area contributed by atoms with Gasteiger partial charge in [-0.3, -0.25) is 0 Å². The van der Waals surface area contributed by atoms with Crippen molar-refractivity contribution in [3.05, 3.63) is 146 Å². The van der Waals surface area contributed by atoms with Gasteiger partial charge in [0, 0.05) is 17.6 Å². The summed E-state index contributed by atoms with van der Waals surface area (Å²) in [6.45, 7) is 8.96. The maximum atomic E-state index is 4.22. The minimum absolute atomic E-state index is 0. The molecule has 0 amide bonds. The molecular weight excluding hydrogens is 717 g/mol. The van der Waals surface area contributed by atoms with Crippen LogP contribution in [0.1, 0.15) is 26.3 Å². The monoisotopic (exact) mass is 750 g/mol. The Labute approximate surface area is 274 Å². The molecule has 44 heavy (non-hydrogen) atoms. The molecule has 2 aliphatic rings. The van der Waals surface area contributed by atoms with Crippen molar-refractivity contribution in [2.45, 2.75) is 26.2 Å². The van der Waals surface area contributed by atoms with E-state index >= 15 is 0 Å². The summed E-state index contributed by atoms with van der Waals surface area (Å²) in [6.07, 6.45) is 1.79. The van der Waals surface area contributed by atoms with E-state index in [4.69, 9.17) is 0 Å². The topological polar surface area (TPSA) is 22.6 Å². The number of aromatic nitrogens is 1. The summed E-state index contributed by atoms with van der Waals surface area (Å²) in [5.74, 6) is 0. The summed E-state index contributed by atoms with van der Waals surface area (Å²) in [6, 6.07) is 46.5. The number of para-hydroxylation sites is 1. The van der Waals surface area contributed by atoms with Crippen molar-refractivity contribution in [1.29, 1.82) is 0 Å². The van der Waals surface area contributed by atoms with E-state index in [1.165, 1.54) is 44.8 Å². The Bertz CT molecular complexity index is 1860. The molecule has 0 saturated carbocycles. The van der Waals surface area contributed by atoms with Gasteiger partial charge in [-0.15, -0.1) is 59.4 Å². The molecule has 3 heterocycles. The largest absolute Gasteiger partial charge is 3.00 e. The molecule has 0 N–H and O–H groups in total. The first-order valence-electron chi connectivity index (χ1n) is 14.6. The van der Waals surface area contributed by atoms with Crippen LogP contribution >= 0.6 is 0 Å². The van der Waals surface area contributed by atoms with E-state index in [0.29, 0.717) is 0 Å². The molecular formula is C39H33IrN4. The predicted molar refractivity (Wildman–Crippen MR) is 180 cm³/mol. The van der Waals surface area contributed by atoms with Crippen molar-refractivity contribution >= 4 is 44.9 Å². The molecule has 6 aromatic rings. The Morgan fingerprint density at radius 2 is 1.45 bits per heavy atom. The number of benzene rings is 5. The number of hydrogen-bond donors (Lipinski definition) is 0. The van der Waals surface area contributed by atoms with Gasteiger partial charge in [0.2, 0.25) is 0 Å². The fourth-order valence-corrected chi connectivity index (χ4v) is 5.86. The Hall–Kier alpha value is -4.44. The molecule has 0 aliphatic carbocycles.